The Bertz CT molecular complexity index is 1070. The van der Waals surface area contributed by atoms with Gasteiger partial charge >= 0.3 is 0 Å². The lowest BCUT2D eigenvalue weighted by Crippen LogP contribution is -2.36. The third kappa shape index (κ3) is 4.12. The molecule has 6 nitrogen and oxygen atoms in total. The van der Waals surface area contributed by atoms with E-state index >= 15 is 0 Å². The Morgan fingerprint density at radius 1 is 1.13 bits per heavy atom. The zero-order valence-corrected chi connectivity index (χ0v) is 17.9. The predicted molar refractivity (Wildman–Crippen MR) is 123 cm³/mol. The summed E-state index contributed by atoms with van der Waals surface area (Å²) in [6, 6.07) is 11.0. The molecule has 6 heteroatoms. The number of hydrogen-bond donors (Lipinski definition) is 1. The van der Waals surface area contributed by atoms with Crippen molar-refractivity contribution in [3.8, 4) is 11.3 Å². The number of aromatic amines is 1. The summed E-state index contributed by atoms with van der Waals surface area (Å²) in [6.07, 6.45) is 7.75. The zero-order valence-electron chi connectivity index (χ0n) is 17.9. The molecule has 2 saturated heterocycles. The lowest BCUT2D eigenvalue weighted by molar-refractivity contribution is -0.127. The van der Waals surface area contributed by atoms with E-state index < -0.39 is 0 Å². The van der Waals surface area contributed by atoms with Crippen LogP contribution in [0.5, 0.6) is 0 Å². The molecule has 2 aromatic heterocycles. The Balaban J connectivity index is 1.39. The summed E-state index contributed by atoms with van der Waals surface area (Å²) in [5, 5.41) is 8.49. The summed E-state index contributed by atoms with van der Waals surface area (Å²) >= 11 is 0. The van der Waals surface area contributed by atoms with Crippen LogP contribution >= 0.6 is 0 Å². The fourth-order valence-electron chi connectivity index (χ4n) is 4.88. The number of nitrogens with one attached hydrogen (secondary N) is 1. The van der Waals surface area contributed by atoms with Gasteiger partial charge in [0, 0.05) is 42.2 Å². The molecule has 0 bridgehead atoms. The highest BCUT2D eigenvalue weighted by Crippen LogP contribution is 2.33. The molecule has 2 aliphatic heterocycles. The van der Waals surface area contributed by atoms with E-state index in [0.717, 1.165) is 60.3 Å². The fourth-order valence-corrected chi connectivity index (χ4v) is 4.88. The molecule has 0 unspecified atom stereocenters. The maximum atomic E-state index is 11.9. The third-order valence-electron chi connectivity index (χ3n) is 6.68. The van der Waals surface area contributed by atoms with Crippen molar-refractivity contribution in [2.45, 2.75) is 38.1 Å². The van der Waals surface area contributed by atoms with E-state index in [2.05, 4.69) is 52.0 Å². The van der Waals surface area contributed by atoms with E-state index in [1.807, 2.05) is 11.1 Å². The van der Waals surface area contributed by atoms with Gasteiger partial charge in [-0.1, -0.05) is 30.8 Å². The smallest absolute Gasteiger partial charge is 0.245 e. The molecule has 0 spiro atoms. The first-order valence-electron chi connectivity index (χ1n) is 11.3. The lowest BCUT2D eigenvalue weighted by atomic mass is 9.92. The first kappa shape index (κ1) is 19.9. The number of carbonyl (C=O) groups excluding carboxylic acids is 1. The Labute approximate surface area is 183 Å². The summed E-state index contributed by atoms with van der Waals surface area (Å²) in [7, 11) is 0. The van der Waals surface area contributed by atoms with Gasteiger partial charge in [-0.15, -0.1) is 0 Å². The number of rotatable bonds is 5. The van der Waals surface area contributed by atoms with Gasteiger partial charge < -0.3 is 4.90 Å². The van der Waals surface area contributed by atoms with Crippen molar-refractivity contribution < 1.29 is 4.79 Å². The van der Waals surface area contributed by atoms with Crippen LogP contribution < -0.4 is 0 Å². The van der Waals surface area contributed by atoms with Crippen LogP contribution in [-0.4, -0.2) is 57.1 Å². The van der Waals surface area contributed by atoms with E-state index in [-0.39, 0.29) is 5.91 Å². The van der Waals surface area contributed by atoms with Crippen LogP contribution in [0.3, 0.4) is 0 Å². The lowest BCUT2D eigenvalue weighted by Gasteiger charge is -2.31. The molecule has 5 rings (SSSR count). The van der Waals surface area contributed by atoms with Gasteiger partial charge in [0.25, 0.3) is 0 Å². The van der Waals surface area contributed by atoms with Crippen molar-refractivity contribution >= 4 is 16.8 Å². The highest BCUT2D eigenvalue weighted by molar-refractivity contribution is 5.91. The Kier molecular flexibility index (Phi) is 5.55. The minimum absolute atomic E-state index is 0.0198. The molecule has 4 heterocycles. The second-order valence-corrected chi connectivity index (χ2v) is 8.71. The van der Waals surface area contributed by atoms with Crippen molar-refractivity contribution in [1.82, 2.24) is 25.0 Å². The number of pyridine rings is 1. The fraction of sp³-hybridized carbons (Fsp3) is 0.400. The number of piperidine rings is 1. The molecule has 0 aliphatic carbocycles. The summed E-state index contributed by atoms with van der Waals surface area (Å²) in [5.41, 5.74) is 5.50. The van der Waals surface area contributed by atoms with Gasteiger partial charge in [0.2, 0.25) is 5.91 Å². The molecule has 2 aliphatic rings. The van der Waals surface area contributed by atoms with Crippen LogP contribution in [0, 0.1) is 0 Å². The Morgan fingerprint density at radius 2 is 1.87 bits per heavy atom. The van der Waals surface area contributed by atoms with E-state index in [4.69, 9.17) is 4.98 Å². The van der Waals surface area contributed by atoms with Gasteiger partial charge in [0.1, 0.15) is 0 Å². The molecule has 0 saturated carbocycles. The van der Waals surface area contributed by atoms with Crippen LogP contribution in [0.2, 0.25) is 0 Å². The van der Waals surface area contributed by atoms with Crippen molar-refractivity contribution in [2.24, 2.45) is 0 Å². The maximum Gasteiger partial charge on any atom is 0.245 e. The SMILES string of the molecule is C=CC(=O)N1CCC(c2cc3cn[nH]c3c(-c3ccc(CN4CCCC4)cc3)n2)CC1. The van der Waals surface area contributed by atoms with E-state index in [1.54, 1.807) is 0 Å². The number of fused-ring (bicyclic) bond motifs is 1. The number of aromatic nitrogens is 3. The van der Waals surface area contributed by atoms with Gasteiger partial charge in [0.15, 0.2) is 0 Å². The van der Waals surface area contributed by atoms with Crippen molar-refractivity contribution in [3.63, 3.8) is 0 Å². The molecule has 1 aromatic carbocycles. The minimum Gasteiger partial charge on any atom is -0.339 e. The first-order chi connectivity index (χ1) is 15.2. The Morgan fingerprint density at radius 3 is 2.58 bits per heavy atom. The van der Waals surface area contributed by atoms with Gasteiger partial charge in [-0.05, 0) is 56.5 Å². The average molecular weight is 416 g/mol. The number of H-pyrrole nitrogens is 1. The molecule has 31 heavy (non-hydrogen) atoms. The van der Waals surface area contributed by atoms with Crippen molar-refractivity contribution in [1.29, 1.82) is 0 Å². The van der Waals surface area contributed by atoms with Crippen LogP contribution in [-0.2, 0) is 11.3 Å². The largest absolute Gasteiger partial charge is 0.339 e. The third-order valence-corrected chi connectivity index (χ3v) is 6.68. The summed E-state index contributed by atoms with van der Waals surface area (Å²) in [5.74, 6) is 0.368. The normalized spacial score (nSPS) is 18.0. The second-order valence-electron chi connectivity index (χ2n) is 8.71. The number of amides is 1. The van der Waals surface area contributed by atoms with Gasteiger partial charge in [0.05, 0.1) is 17.4 Å². The molecular formula is C25H29N5O. The minimum atomic E-state index is 0.0198. The number of benzene rings is 1. The number of hydrogen-bond acceptors (Lipinski definition) is 4. The van der Waals surface area contributed by atoms with Crippen molar-refractivity contribution in [2.75, 3.05) is 26.2 Å². The maximum absolute atomic E-state index is 11.9. The molecule has 1 amide bonds. The first-order valence-corrected chi connectivity index (χ1v) is 11.3. The van der Waals surface area contributed by atoms with Crippen LogP contribution in [0.25, 0.3) is 22.2 Å². The molecule has 0 radical (unpaired) electrons. The topological polar surface area (TPSA) is 65.1 Å². The Hall–Kier alpha value is -2.99. The zero-order chi connectivity index (χ0) is 21.2. The summed E-state index contributed by atoms with van der Waals surface area (Å²) in [6.45, 7) is 8.54. The van der Waals surface area contributed by atoms with Crippen LogP contribution in [0.1, 0.15) is 42.9 Å². The molecule has 0 atom stereocenters. The summed E-state index contributed by atoms with van der Waals surface area (Å²) < 4.78 is 0. The average Bonchev–Trinajstić information content (AvgIpc) is 3.50. The quantitative estimate of drug-likeness (QED) is 0.637. The van der Waals surface area contributed by atoms with Gasteiger partial charge in [-0.3, -0.25) is 19.8 Å². The standard InChI is InChI=1S/C25H29N5O/c1-2-23(31)30-13-9-19(10-14-30)22-15-21-16-26-28-25(21)24(27-22)20-7-5-18(6-8-20)17-29-11-3-4-12-29/h2,5-8,15-16,19H,1,3-4,9-14,17H2,(H,26,28). The number of nitrogens with zero attached hydrogens (tertiary/aromatic N) is 4. The molecular weight excluding hydrogens is 386 g/mol. The molecule has 160 valence electrons. The molecule has 3 aromatic rings. The van der Waals surface area contributed by atoms with Crippen LogP contribution in [0.4, 0.5) is 0 Å². The number of carbonyl (C=O) groups is 1. The van der Waals surface area contributed by atoms with Crippen LogP contribution in [0.15, 0.2) is 49.2 Å². The van der Waals surface area contributed by atoms with Crippen molar-refractivity contribution in [3.05, 3.63) is 60.4 Å². The molecule has 1 N–H and O–H groups in total. The van der Waals surface area contributed by atoms with Gasteiger partial charge in [-0.2, -0.15) is 5.10 Å². The summed E-state index contributed by atoms with van der Waals surface area (Å²) in [4.78, 5) is 21.4. The van der Waals surface area contributed by atoms with Gasteiger partial charge in [-0.25, -0.2) is 0 Å². The van der Waals surface area contributed by atoms with E-state index in [9.17, 15) is 4.79 Å². The second kappa shape index (κ2) is 8.63. The highest BCUT2D eigenvalue weighted by Gasteiger charge is 2.25. The van der Waals surface area contributed by atoms with E-state index in [1.165, 1.54) is 37.6 Å². The molecule has 2 fully saturated rings. The van der Waals surface area contributed by atoms with E-state index in [0.29, 0.717) is 5.92 Å². The highest BCUT2D eigenvalue weighted by atomic mass is 16.2. The monoisotopic (exact) mass is 415 g/mol. The predicted octanol–water partition coefficient (Wildman–Crippen LogP) is 4.11. The number of likely N-dealkylation sites (tertiary alicyclic amines) is 2.